The highest BCUT2D eigenvalue weighted by Crippen LogP contribution is 2.44. The third-order valence-electron chi connectivity index (χ3n) is 4.33. The first-order chi connectivity index (χ1) is 11.6. The fourth-order valence-electron chi connectivity index (χ4n) is 2.71. The van der Waals surface area contributed by atoms with Crippen LogP contribution in [0, 0.1) is 0 Å². The lowest BCUT2D eigenvalue weighted by Crippen LogP contribution is -2.21. The molecule has 1 atom stereocenters. The molecule has 0 amide bonds. The summed E-state index contributed by atoms with van der Waals surface area (Å²) in [4.78, 5) is 0. The standard InChI is InChI=1S/C20H27NO3/c1-14(21-2)6-7-15-8-10-16(11-9-15)17-12-13-18(22-3)20(24-5)19(17)23-4/h8-14,21H,6-7H2,1-5H3. The number of ether oxygens (including phenoxy) is 3. The van der Waals surface area contributed by atoms with E-state index in [1.807, 2.05) is 19.2 Å². The Labute approximate surface area is 144 Å². The van der Waals surface area contributed by atoms with E-state index in [1.165, 1.54) is 5.56 Å². The summed E-state index contributed by atoms with van der Waals surface area (Å²) in [7, 11) is 6.89. The molecule has 0 fully saturated rings. The molecule has 0 aliphatic carbocycles. The van der Waals surface area contributed by atoms with Gasteiger partial charge in [0, 0.05) is 11.6 Å². The SMILES string of the molecule is CNC(C)CCc1ccc(-c2ccc(OC)c(OC)c2OC)cc1. The summed E-state index contributed by atoms with van der Waals surface area (Å²) >= 11 is 0. The van der Waals surface area contributed by atoms with Crippen molar-refractivity contribution in [3.05, 3.63) is 42.0 Å². The van der Waals surface area contributed by atoms with E-state index in [4.69, 9.17) is 14.2 Å². The normalized spacial score (nSPS) is 11.9. The number of hydrogen-bond acceptors (Lipinski definition) is 4. The van der Waals surface area contributed by atoms with Crippen molar-refractivity contribution in [3.63, 3.8) is 0 Å². The third kappa shape index (κ3) is 4.01. The largest absolute Gasteiger partial charge is 0.493 e. The topological polar surface area (TPSA) is 39.7 Å². The summed E-state index contributed by atoms with van der Waals surface area (Å²) in [6.45, 7) is 2.20. The van der Waals surface area contributed by atoms with Crippen molar-refractivity contribution in [2.45, 2.75) is 25.8 Å². The average Bonchev–Trinajstić information content (AvgIpc) is 2.64. The number of rotatable bonds is 8. The summed E-state index contributed by atoms with van der Waals surface area (Å²) in [5.41, 5.74) is 3.42. The Hall–Kier alpha value is -2.20. The van der Waals surface area contributed by atoms with E-state index >= 15 is 0 Å². The van der Waals surface area contributed by atoms with E-state index in [1.54, 1.807) is 21.3 Å². The minimum atomic E-state index is 0.524. The molecule has 0 spiro atoms. The van der Waals surface area contributed by atoms with Crippen LogP contribution in [0.5, 0.6) is 17.2 Å². The Balaban J connectivity index is 2.28. The molecule has 0 aromatic heterocycles. The van der Waals surface area contributed by atoms with Crippen molar-refractivity contribution in [2.24, 2.45) is 0 Å². The van der Waals surface area contributed by atoms with Crippen LogP contribution in [0.3, 0.4) is 0 Å². The molecule has 130 valence electrons. The maximum absolute atomic E-state index is 5.57. The van der Waals surface area contributed by atoms with Crippen molar-refractivity contribution in [3.8, 4) is 28.4 Å². The zero-order chi connectivity index (χ0) is 17.5. The Kier molecular flexibility index (Phi) is 6.50. The highest BCUT2D eigenvalue weighted by Gasteiger charge is 2.16. The Morgan fingerprint density at radius 1 is 0.875 bits per heavy atom. The van der Waals surface area contributed by atoms with E-state index in [2.05, 4.69) is 36.5 Å². The average molecular weight is 329 g/mol. The van der Waals surface area contributed by atoms with Gasteiger partial charge in [0.25, 0.3) is 0 Å². The Morgan fingerprint density at radius 2 is 1.54 bits per heavy atom. The molecule has 1 unspecified atom stereocenters. The van der Waals surface area contributed by atoms with Crippen molar-refractivity contribution in [1.29, 1.82) is 0 Å². The molecule has 0 aliphatic heterocycles. The van der Waals surface area contributed by atoms with Crippen LogP contribution in [0.25, 0.3) is 11.1 Å². The maximum Gasteiger partial charge on any atom is 0.203 e. The van der Waals surface area contributed by atoms with Crippen molar-refractivity contribution < 1.29 is 14.2 Å². The molecule has 4 nitrogen and oxygen atoms in total. The summed E-state index contributed by atoms with van der Waals surface area (Å²) in [5, 5.41) is 3.27. The molecule has 24 heavy (non-hydrogen) atoms. The van der Waals surface area contributed by atoms with E-state index in [9.17, 15) is 0 Å². The molecule has 0 heterocycles. The maximum atomic E-state index is 5.57. The number of benzene rings is 2. The van der Waals surface area contributed by atoms with E-state index in [0.717, 1.165) is 24.0 Å². The van der Waals surface area contributed by atoms with Crippen LogP contribution in [0.15, 0.2) is 36.4 Å². The summed E-state index contributed by atoms with van der Waals surface area (Å²) in [5.74, 6) is 1.97. The van der Waals surface area contributed by atoms with Crippen LogP contribution in [-0.4, -0.2) is 34.4 Å². The minimum absolute atomic E-state index is 0.524. The smallest absolute Gasteiger partial charge is 0.203 e. The molecule has 0 bridgehead atoms. The van der Waals surface area contributed by atoms with Gasteiger partial charge in [-0.1, -0.05) is 24.3 Å². The molecular weight excluding hydrogens is 302 g/mol. The van der Waals surface area contributed by atoms with E-state index in [-0.39, 0.29) is 0 Å². The Bertz CT molecular complexity index is 653. The van der Waals surface area contributed by atoms with Gasteiger partial charge in [0.2, 0.25) is 5.75 Å². The molecule has 4 heteroatoms. The Morgan fingerprint density at radius 3 is 2.08 bits per heavy atom. The van der Waals surface area contributed by atoms with Gasteiger partial charge in [-0.05, 0) is 50.1 Å². The molecule has 0 radical (unpaired) electrons. The second-order valence-corrected chi connectivity index (χ2v) is 5.81. The van der Waals surface area contributed by atoms with Crippen LogP contribution < -0.4 is 19.5 Å². The molecular formula is C20H27NO3. The van der Waals surface area contributed by atoms with Gasteiger partial charge in [-0.25, -0.2) is 0 Å². The van der Waals surface area contributed by atoms with E-state index in [0.29, 0.717) is 23.3 Å². The number of methoxy groups -OCH3 is 3. The lowest BCUT2D eigenvalue weighted by atomic mass is 9.99. The zero-order valence-electron chi connectivity index (χ0n) is 15.2. The molecule has 2 aromatic rings. The molecule has 2 aromatic carbocycles. The lowest BCUT2D eigenvalue weighted by Gasteiger charge is -2.16. The lowest BCUT2D eigenvalue weighted by molar-refractivity contribution is 0.325. The second kappa shape index (κ2) is 8.60. The van der Waals surface area contributed by atoms with Crippen LogP contribution in [0.2, 0.25) is 0 Å². The van der Waals surface area contributed by atoms with Gasteiger partial charge < -0.3 is 19.5 Å². The van der Waals surface area contributed by atoms with Crippen LogP contribution in [-0.2, 0) is 6.42 Å². The number of hydrogen-bond donors (Lipinski definition) is 1. The van der Waals surface area contributed by atoms with Gasteiger partial charge >= 0.3 is 0 Å². The summed E-state index contributed by atoms with van der Waals surface area (Å²) in [6.07, 6.45) is 2.18. The third-order valence-corrected chi connectivity index (χ3v) is 4.33. The first kappa shape index (κ1) is 18.1. The van der Waals surface area contributed by atoms with Gasteiger partial charge in [0.1, 0.15) is 0 Å². The highest BCUT2D eigenvalue weighted by atomic mass is 16.5. The van der Waals surface area contributed by atoms with Gasteiger partial charge in [0.05, 0.1) is 21.3 Å². The summed E-state index contributed by atoms with van der Waals surface area (Å²) in [6, 6.07) is 13.0. The summed E-state index contributed by atoms with van der Waals surface area (Å²) < 4.78 is 16.4. The zero-order valence-corrected chi connectivity index (χ0v) is 15.2. The fraction of sp³-hybridized carbons (Fsp3) is 0.400. The monoisotopic (exact) mass is 329 g/mol. The molecule has 0 saturated heterocycles. The van der Waals surface area contributed by atoms with Gasteiger partial charge in [-0.3, -0.25) is 0 Å². The van der Waals surface area contributed by atoms with Crippen molar-refractivity contribution in [2.75, 3.05) is 28.4 Å². The first-order valence-corrected chi connectivity index (χ1v) is 8.20. The minimum Gasteiger partial charge on any atom is -0.493 e. The van der Waals surface area contributed by atoms with E-state index < -0.39 is 0 Å². The number of nitrogens with one attached hydrogen (secondary N) is 1. The molecule has 1 N–H and O–H groups in total. The second-order valence-electron chi connectivity index (χ2n) is 5.81. The molecule has 2 rings (SSSR count). The van der Waals surface area contributed by atoms with Gasteiger partial charge in [0.15, 0.2) is 11.5 Å². The van der Waals surface area contributed by atoms with Gasteiger partial charge in [-0.2, -0.15) is 0 Å². The highest BCUT2D eigenvalue weighted by molar-refractivity contribution is 5.76. The first-order valence-electron chi connectivity index (χ1n) is 8.20. The van der Waals surface area contributed by atoms with Crippen LogP contribution in [0.4, 0.5) is 0 Å². The van der Waals surface area contributed by atoms with Crippen molar-refractivity contribution >= 4 is 0 Å². The van der Waals surface area contributed by atoms with Gasteiger partial charge in [-0.15, -0.1) is 0 Å². The fourth-order valence-corrected chi connectivity index (χ4v) is 2.71. The molecule has 0 saturated carbocycles. The molecule has 0 aliphatic rings. The van der Waals surface area contributed by atoms with Crippen LogP contribution >= 0.6 is 0 Å². The predicted molar refractivity (Wildman–Crippen MR) is 98.4 cm³/mol. The van der Waals surface area contributed by atoms with Crippen molar-refractivity contribution in [1.82, 2.24) is 5.32 Å². The van der Waals surface area contributed by atoms with Crippen LogP contribution in [0.1, 0.15) is 18.9 Å². The number of aryl methyl sites for hydroxylation is 1. The quantitative estimate of drug-likeness (QED) is 0.797. The predicted octanol–water partition coefficient (Wildman–Crippen LogP) is 3.92.